The second-order valence-electron chi connectivity index (χ2n) is 9.88. The van der Waals surface area contributed by atoms with Gasteiger partial charge in [0, 0.05) is 19.1 Å². The van der Waals surface area contributed by atoms with Crippen molar-refractivity contribution in [1.82, 2.24) is 0 Å². The van der Waals surface area contributed by atoms with Gasteiger partial charge >= 0.3 is 5.97 Å². The predicted octanol–water partition coefficient (Wildman–Crippen LogP) is 8.50. The first-order valence-electron chi connectivity index (χ1n) is 14.6. The molecule has 0 aliphatic heterocycles. The minimum Gasteiger partial charge on any atom is -0.493 e. The van der Waals surface area contributed by atoms with Crippen LogP contribution >= 0.6 is 0 Å². The molecule has 6 heteroatoms. The number of nitriles is 1. The van der Waals surface area contributed by atoms with Crippen LogP contribution in [0, 0.1) is 32.1 Å². The fourth-order valence-electron chi connectivity index (χ4n) is 3.66. The maximum Gasteiger partial charge on any atom is 0.303 e. The molecule has 6 nitrogen and oxygen atoms in total. The van der Waals surface area contributed by atoms with E-state index in [4.69, 9.17) is 20.2 Å². The zero-order valence-corrected chi connectivity index (χ0v) is 26.5. The Hall–Kier alpha value is -5.25. The van der Waals surface area contributed by atoms with Crippen LogP contribution in [-0.2, 0) is 9.59 Å². The summed E-state index contributed by atoms with van der Waals surface area (Å²) >= 11 is 0. The SMILES string of the molecule is CO.Cc1ccc(/C=C/c2ccc(/C=C(\C#N)C=O)c(OCCCCC(=O)O)c2)cc1.Cc1ccccc1.Cc1ccccc1. The lowest BCUT2D eigenvalue weighted by atomic mass is 10.1. The summed E-state index contributed by atoms with van der Waals surface area (Å²) in [4.78, 5) is 21.6. The van der Waals surface area contributed by atoms with Crippen LogP contribution in [0.25, 0.3) is 18.2 Å². The van der Waals surface area contributed by atoms with E-state index in [1.54, 1.807) is 6.07 Å². The van der Waals surface area contributed by atoms with Gasteiger partial charge in [0.2, 0.25) is 0 Å². The van der Waals surface area contributed by atoms with Crippen molar-refractivity contribution in [3.8, 4) is 11.8 Å². The quantitative estimate of drug-likeness (QED) is 0.0617. The van der Waals surface area contributed by atoms with Crippen molar-refractivity contribution < 1.29 is 24.5 Å². The van der Waals surface area contributed by atoms with Crippen LogP contribution in [0.1, 0.15) is 52.6 Å². The number of hydrogen-bond acceptors (Lipinski definition) is 5. The molecule has 0 aromatic heterocycles. The summed E-state index contributed by atoms with van der Waals surface area (Å²) in [5.41, 5.74) is 6.45. The summed E-state index contributed by atoms with van der Waals surface area (Å²) in [6.45, 7) is 6.55. The summed E-state index contributed by atoms with van der Waals surface area (Å²) < 4.78 is 5.82. The number of aliphatic hydroxyl groups excluding tert-OH is 1. The van der Waals surface area contributed by atoms with Gasteiger partial charge in [-0.2, -0.15) is 5.26 Å². The lowest BCUT2D eigenvalue weighted by Crippen LogP contribution is -2.01. The smallest absolute Gasteiger partial charge is 0.303 e. The first-order valence-corrected chi connectivity index (χ1v) is 14.6. The monoisotopic (exact) mass is 605 g/mol. The summed E-state index contributed by atoms with van der Waals surface area (Å²) in [6.07, 6.45) is 7.14. The van der Waals surface area contributed by atoms with E-state index in [1.165, 1.54) is 22.8 Å². The molecule has 0 amide bonds. The number of benzene rings is 4. The van der Waals surface area contributed by atoms with Crippen molar-refractivity contribution in [2.45, 2.75) is 40.0 Å². The average molecular weight is 606 g/mol. The van der Waals surface area contributed by atoms with Crippen LogP contribution < -0.4 is 4.74 Å². The number of carboxylic acid groups (broad SMARTS) is 1. The van der Waals surface area contributed by atoms with Gasteiger partial charge in [0.1, 0.15) is 11.8 Å². The number of aliphatic carboxylic acids is 1. The van der Waals surface area contributed by atoms with Crippen LogP contribution in [0.4, 0.5) is 0 Å². The summed E-state index contributed by atoms with van der Waals surface area (Å²) in [5.74, 6) is -0.289. The molecule has 0 aliphatic carbocycles. The van der Waals surface area contributed by atoms with Crippen molar-refractivity contribution in [1.29, 1.82) is 5.26 Å². The van der Waals surface area contributed by atoms with Crippen molar-refractivity contribution in [2.24, 2.45) is 0 Å². The molecular weight excluding hydrogens is 562 g/mol. The molecule has 0 aliphatic rings. The number of carbonyl (C=O) groups is 2. The van der Waals surface area contributed by atoms with E-state index in [0.717, 1.165) is 18.2 Å². The van der Waals surface area contributed by atoms with Crippen LogP contribution in [0.5, 0.6) is 5.75 Å². The van der Waals surface area contributed by atoms with Crippen LogP contribution in [0.15, 0.2) is 109 Å². The molecular formula is C39H43NO5. The Labute approximate surface area is 267 Å². The second-order valence-corrected chi connectivity index (χ2v) is 9.88. The van der Waals surface area contributed by atoms with Gasteiger partial charge in [-0.15, -0.1) is 0 Å². The van der Waals surface area contributed by atoms with Gasteiger partial charge in [-0.3, -0.25) is 9.59 Å². The number of carboxylic acids is 1. The number of carbonyl (C=O) groups excluding carboxylic acids is 1. The normalized spacial score (nSPS) is 10.1. The third kappa shape index (κ3) is 17.5. The molecule has 4 aromatic carbocycles. The Morgan fingerprint density at radius 2 is 1.27 bits per heavy atom. The van der Waals surface area contributed by atoms with E-state index < -0.39 is 5.97 Å². The van der Waals surface area contributed by atoms with E-state index in [2.05, 4.69) is 38.1 Å². The number of allylic oxidation sites excluding steroid dienone is 1. The Kier molecular flexibility index (Phi) is 19.5. The van der Waals surface area contributed by atoms with Gasteiger partial charge in [-0.25, -0.2) is 0 Å². The number of ether oxygens (including phenoxy) is 1. The summed E-state index contributed by atoms with van der Waals surface area (Å²) in [7, 11) is 1.00. The van der Waals surface area contributed by atoms with Gasteiger partial charge in [0.25, 0.3) is 0 Å². The molecule has 0 heterocycles. The minimum absolute atomic E-state index is 0.00340. The number of nitrogens with zero attached hydrogens (tertiary/aromatic N) is 1. The van der Waals surface area contributed by atoms with E-state index in [0.29, 0.717) is 37.0 Å². The molecule has 0 radical (unpaired) electrons. The average Bonchev–Trinajstić information content (AvgIpc) is 3.06. The Balaban J connectivity index is 0.000000510. The fraction of sp³-hybridized carbons (Fsp3) is 0.205. The Morgan fingerprint density at radius 1 is 0.756 bits per heavy atom. The molecule has 0 bridgehead atoms. The molecule has 0 unspecified atom stereocenters. The molecule has 234 valence electrons. The van der Waals surface area contributed by atoms with Crippen LogP contribution in [0.2, 0.25) is 0 Å². The number of aldehydes is 1. The molecule has 45 heavy (non-hydrogen) atoms. The number of aryl methyl sites for hydroxylation is 3. The van der Waals surface area contributed by atoms with Gasteiger partial charge < -0.3 is 14.9 Å². The van der Waals surface area contributed by atoms with Crippen LogP contribution in [-0.4, -0.2) is 36.2 Å². The van der Waals surface area contributed by atoms with Crippen molar-refractivity contribution in [3.05, 3.63) is 142 Å². The Bertz CT molecular complexity index is 1470. The van der Waals surface area contributed by atoms with E-state index in [1.807, 2.05) is 97.9 Å². The van der Waals surface area contributed by atoms with Crippen molar-refractivity contribution >= 4 is 30.5 Å². The second kappa shape index (κ2) is 23.2. The lowest BCUT2D eigenvalue weighted by molar-refractivity contribution is -0.137. The van der Waals surface area contributed by atoms with E-state index in [-0.39, 0.29) is 12.0 Å². The molecule has 4 aromatic rings. The highest BCUT2D eigenvalue weighted by Gasteiger charge is 2.06. The standard InChI is InChI=1S/C24H23NO4.2C7H8.CH4O/c1-18-5-7-19(8-6-18)9-10-20-11-12-22(14-21(16-25)17-26)23(15-20)29-13-3-2-4-24(27)28;2*1-7-5-3-2-4-6-7;1-2/h5-12,14-15,17H,2-4,13H2,1H3,(H,27,28);2*2-6H,1H3;2H,1H3/b10-9+,21-14+;;;. The van der Waals surface area contributed by atoms with Crippen LogP contribution in [0.3, 0.4) is 0 Å². The first kappa shape index (κ1) is 37.8. The predicted molar refractivity (Wildman–Crippen MR) is 184 cm³/mol. The van der Waals surface area contributed by atoms with Gasteiger partial charge in [-0.05, 0) is 56.9 Å². The maximum absolute atomic E-state index is 11.0. The van der Waals surface area contributed by atoms with Gasteiger partial charge in [0.15, 0.2) is 6.29 Å². The largest absolute Gasteiger partial charge is 0.493 e. The third-order valence-electron chi connectivity index (χ3n) is 6.07. The number of hydrogen-bond donors (Lipinski definition) is 2. The van der Waals surface area contributed by atoms with E-state index >= 15 is 0 Å². The number of unbranched alkanes of at least 4 members (excludes halogenated alkanes) is 1. The number of rotatable bonds is 10. The third-order valence-corrected chi connectivity index (χ3v) is 6.07. The number of aliphatic hydroxyl groups is 1. The summed E-state index contributed by atoms with van der Waals surface area (Å²) in [6, 6.07) is 36.0. The molecule has 0 spiro atoms. The highest BCUT2D eigenvalue weighted by Crippen LogP contribution is 2.25. The highest BCUT2D eigenvalue weighted by molar-refractivity contribution is 5.87. The maximum atomic E-state index is 11.0. The van der Waals surface area contributed by atoms with Gasteiger partial charge in [-0.1, -0.05) is 126 Å². The molecule has 0 saturated carbocycles. The molecule has 2 N–H and O–H groups in total. The Morgan fingerprint density at radius 3 is 1.73 bits per heavy atom. The minimum atomic E-state index is -0.832. The lowest BCUT2D eigenvalue weighted by Gasteiger charge is -2.10. The van der Waals surface area contributed by atoms with E-state index in [9.17, 15) is 9.59 Å². The highest BCUT2D eigenvalue weighted by atomic mass is 16.5. The summed E-state index contributed by atoms with van der Waals surface area (Å²) in [5, 5.41) is 24.7. The fourth-order valence-corrected chi connectivity index (χ4v) is 3.66. The molecule has 0 atom stereocenters. The van der Waals surface area contributed by atoms with Crippen molar-refractivity contribution in [2.75, 3.05) is 13.7 Å². The topological polar surface area (TPSA) is 108 Å². The zero-order chi connectivity index (χ0) is 33.3. The van der Waals surface area contributed by atoms with Crippen molar-refractivity contribution in [3.63, 3.8) is 0 Å². The molecule has 0 saturated heterocycles. The van der Waals surface area contributed by atoms with Gasteiger partial charge in [0.05, 0.1) is 12.2 Å². The first-order chi connectivity index (χ1) is 21.8. The zero-order valence-electron chi connectivity index (χ0n) is 26.5. The molecule has 0 fully saturated rings. The molecule has 4 rings (SSSR count).